The number of H-pyrrole nitrogens is 1. The fourth-order valence-electron chi connectivity index (χ4n) is 3.00. The molecule has 7 heteroatoms. The van der Waals surface area contributed by atoms with E-state index < -0.39 is 0 Å². The highest BCUT2D eigenvalue weighted by Crippen LogP contribution is 2.35. The van der Waals surface area contributed by atoms with Crippen LogP contribution in [0.25, 0.3) is 0 Å². The van der Waals surface area contributed by atoms with Gasteiger partial charge >= 0.3 is 0 Å². The molecule has 1 aromatic heterocycles. The quantitative estimate of drug-likeness (QED) is 0.661. The molecule has 2 aromatic rings. The van der Waals surface area contributed by atoms with Crippen molar-refractivity contribution in [1.82, 2.24) is 20.1 Å². The van der Waals surface area contributed by atoms with Crippen molar-refractivity contribution < 1.29 is 4.79 Å². The van der Waals surface area contributed by atoms with Crippen LogP contribution in [0.2, 0.25) is 0 Å². The van der Waals surface area contributed by atoms with Crippen molar-refractivity contribution in [3.05, 3.63) is 40.4 Å². The Balaban J connectivity index is 1.51. The number of rotatable bonds is 9. The second kappa shape index (κ2) is 8.49. The van der Waals surface area contributed by atoms with Gasteiger partial charge in [-0.1, -0.05) is 13.3 Å². The minimum Gasteiger partial charge on any atom is -0.375 e. The second-order valence-corrected chi connectivity index (χ2v) is 7.26. The topological polar surface area (TPSA) is 66.0 Å². The standard InChI is InChI=1S/C19H27N5OS/c1-3-4-13-23(2)15-7-5-14(6-8-15)18(25)20-12-11-17-21-22-19(26)24(17)16-9-10-16/h5-8,16H,3-4,9-13H2,1-2H3,(H,20,25)(H,22,26). The molecule has 3 rings (SSSR count). The molecule has 1 saturated carbocycles. The maximum Gasteiger partial charge on any atom is 0.251 e. The number of anilines is 1. The van der Waals surface area contributed by atoms with Crippen LogP contribution in [-0.2, 0) is 6.42 Å². The van der Waals surface area contributed by atoms with Gasteiger partial charge in [-0.3, -0.25) is 9.89 Å². The Morgan fingerprint density at radius 3 is 2.77 bits per heavy atom. The van der Waals surface area contributed by atoms with Crippen molar-refractivity contribution in [2.75, 3.05) is 25.0 Å². The number of nitrogens with one attached hydrogen (secondary N) is 2. The van der Waals surface area contributed by atoms with Crippen LogP contribution in [0.5, 0.6) is 0 Å². The first-order chi connectivity index (χ1) is 12.6. The zero-order valence-electron chi connectivity index (χ0n) is 15.5. The molecule has 26 heavy (non-hydrogen) atoms. The number of aromatic nitrogens is 3. The molecule has 1 fully saturated rings. The van der Waals surface area contributed by atoms with Crippen LogP contribution in [0.3, 0.4) is 0 Å². The second-order valence-electron chi connectivity index (χ2n) is 6.87. The van der Waals surface area contributed by atoms with Crippen molar-refractivity contribution in [2.45, 2.75) is 45.1 Å². The van der Waals surface area contributed by atoms with E-state index in [1.165, 1.54) is 12.8 Å². The Morgan fingerprint density at radius 2 is 2.12 bits per heavy atom. The molecule has 0 saturated heterocycles. The molecule has 0 radical (unpaired) electrons. The summed E-state index contributed by atoms with van der Waals surface area (Å²) < 4.78 is 2.76. The molecule has 1 heterocycles. The zero-order chi connectivity index (χ0) is 18.5. The Morgan fingerprint density at radius 1 is 1.38 bits per heavy atom. The lowest BCUT2D eigenvalue weighted by Gasteiger charge is -2.19. The van der Waals surface area contributed by atoms with Gasteiger partial charge in [0.1, 0.15) is 5.82 Å². The molecule has 0 unspecified atom stereocenters. The van der Waals surface area contributed by atoms with Crippen molar-refractivity contribution in [3.63, 3.8) is 0 Å². The number of carbonyl (C=O) groups is 1. The van der Waals surface area contributed by atoms with Crippen LogP contribution in [0, 0.1) is 4.77 Å². The average molecular weight is 374 g/mol. The first kappa shape index (κ1) is 18.6. The third-order valence-electron chi connectivity index (χ3n) is 4.74. The first-order valence-corrected chi connectivity index (χ1v) is 9.76. The van der Waals surface area contributed by atoms with Gasteiger partial charge < -0.3 is 14.8 Å². The largest absolute Gasteiger partial charge is 0.375 e. The number of benzene rings is 1. The van der Waals surface area contributed by atoms with Gasteiger partial charge in [0.15, 0.2) is 4.77 Å². The lowest BCUT2D eigenvalue weighted by Crippen LogP contribution is -2.26. The summed E-state index contributed by atoms with van der Waals surface area (Å²) in [6.07, 6.45) is 5.33. The molecule has 0 aliphatic heterocycles. The fraction of sp³-hybridized carbons (Fsp3) is 0.526. The minimum atomic E-state index is -0.0557. The van der Waals surface area contributed by atoms with Crippen LogP contribution < -0.4 is 10.2 Å². The Bertz CT molecular complexity index is 791. The van der Waals surface area contributed by atoms with E-state index in [0.29, 0.717) is 29.3 Å². The van der Waals surface area contributed by atoms with Crippen LogP contribution in [0.15, 0.2) is 24.3 Å². The molecule has 1 aromatic carbocycles. The Hall–Kier alpha value is -2.15. The molecule has 0 spiro atoms. The molecule has 1 amide bonds. The average Bonchev–Trinajstić information content (AvgIpc) is 3.42. The molecular weight excluding hydrogens is 346 g/mol. The van der Waals surface area contributed by atoms with Gasteiger partial charge in [-0.15, -0.1) is 0 Å². The molecule has 0 atom stereocenters. The van der Waals surface area contributed by atoms with E-state index in [0.717, 1.165) is 30.9 Å². The Kier molecular flexibility index (Phi) is 6.08. The predicted molar refractivity (Wildman–Crippen MR) is 106 cm³/mol. The van der Waals surface area contributed by atoms with E-state index in [9.17, 15) is 4.79 Å². The van der Waals surface area contributed by atoms with E-state index in [2.05, 4.69) is 39.0 Å². The minimum absolute atomic E-state index is 0.0557. The highest BCUT2D eigenvalue weighted by Gasteiger charge is 2.26. The summed E-state index contributed by atoms with van der Waals surface area (Å²) in [5, 5.41) is 10.1. The van der Waals surface area contributed by atoms with Gasteiger partial charge in [-0.25, -0.2) is 0 Å². The summed E-state index contributed by atoms with van der Waals surface area (Å²) >= 11 is 5.28. The lowest BCUT2D eigenvalue weighted by molar-refractivity contribution is 0.0954. The molecule has 2 N–H and O–H groups in total. The lowest BCUT2D eigenvalue weighted by atomic mass is 10.1. The molecule has 140 valence electrons. The van der Waals surface area contributed by atoms with Crippen molar-refractivity contribution in [2.24, 2.45) is 0 Å². The number of carbonyl (C=O) groups excluding carboxylic acids is 1. The normalized spacial score (nSPS) is 13.6. The van der Waals surface area contributed by atoms with Gasteiger partial charge in [0, 0.05) is 43.9 Å². The summed E-state index contributed by atoms with van der Waals surface area (Å²) in [7, 11) is 2.08. The molecule has 0 bridgehead atoms. The number of amides is 1. The van der Waals surface area contributed by atoms with Gasteiger partial charge in [-0.2, -0.15) is 5.10 Å². The van der Waals surface area contributed by atoms with Gasteiger partial charge in [0.2, 0.25) is 0 Å². The zero-order valence-corrected chi connectivity index (χ0v) is 16.3. The van der Waals surface area contributed by atoms with Crippen LogP contribution in [-0.4, -0.2) is 40.8 Å². The van der Waals surface area contributed by atoms with Crippen molar-refractivity contribution in [3.8, 4) is 0 Å². The Labute approximate surface area is 159 Å². The van der Waals surface area contributed by atoms with E-state index in [1.54, 1.807) is 0 Å². The van der Waals surface area contributed by atoms with Gasteiger partial charge in [0.05, 0.1) is 0 Å². The smallest absolute Gasteiger partial charge is 0.251 e. The maximum atomic E-state index is 12.3. The molecule has 6 nitrogen and oxygen atoms in total. The molecular formula is C19H27N5OS. The summed E-state index contributed by atoms with van der Waals surface area (Å²) in [5.41, 5.74) is 1.81. The number of hydrogen-bond donors (Lipinski definition) is 2. The van der Waals surface area contributed by atoms with E-state index in [4.69, 9.17) is 12.2 Å². The van der Waals surface area contributed by atoms with Gasteiger partial charge in [-0.05, 0) is 55.7 Å². The number of hydrogen-bond acceptors (Lipinski definition) is 4. The van der Waals surface area contributed by atoms with Crippen molar-refractivity contribution >= 4 is 23.8 Å². The summed E-state index contributed by atoms with van der Waals surface area (Å²) in [6, 6.07) is 8.26. The highest BCUT2D eigenvalue weighted by atomic mass is 32.1. The van der Waals surface area contributed by atoms with E-state index in [1.807, 2.05) is 24.3 Å². The van der Waals surface area contributed by atoms with Crippen molar-refractivity contribution in [1.29, 1.82) is 0 Å². The molecule has 1 aliphatic carbocycles. The highest BCUT2D eigenvalue weighted by molar-refractivity contribution is 7.71. The predicted octanol–water partition coefficient (Wildman–Crippen LogP) is 3.48. The number of unbranched alkanes of at least 4 members (excludes halogenated alkanes) is 1. The third-order valence-corrected chi connectivity index (χ3v) is 5.03. The van der Waals surface area contributed by atoms with Crippen LogP contribution in [0.4, 0.5) is 5.69 Å². The third kappa shape index (κ3) is 4.52. The number of nitrogens with zero attached hydrogens (tertiary/aromatic N) is 3. The first-order valence-electron chi connectivity index (χ1n) is 9.35. The number of aromatic amines is 1. The van der Waals surface area contributed by atoms with Crippen LogP contribution >= 0.6 is 12.2 Å². The summed E-state index contributed by atoms with van der Waals surface area (Å²) in [6.45, 7) is 3.76. The summed E-state index contributed by atoms with van der Waals surface area (Å²) in [4.78, 5) is 14.6. The molecule has 1 aliphatic rings. The monoisotopic (exact) mass is 373 g/mol. The van der Waals surface area contributed by atoms with E-state index >= 15 is 0 Å². The SMILES string of the molecule is CCCCN(C)c1ccc(C(=O)NCCc2n[nH]c(=S)n2C2CC2)cc1. The maximum absolute atomic E-state index is 12.3. The van der Waals surface area contributed by atoms with Gasteiger partial charge in [0.25, 0.3) is 5.91 Å². The fourth-order valence-corrected chi connectivity index (χ4v) is 3.30. The van der Waals surface area contributed by atoms with E-state index in [-0.39, 0.29) is 5.91 Å². The van der Waals surface area contributed by atoms with Crippen LogP contribution in [0.1, 0.15) is 54.8 Å². The summed E-state index contributed by atoms with van der Waals surface area (Å²) in [5.74, 6) is 0.866.